The number of aromatic nitrogens is 3. The van der Waals surface area contributed by atoms with Gasteiger partial charge in [0.2, 0.25) is 5.95 Å². The van der Waals surface area contributed by atoms with E-state index < -0.39 is 15.9 Å². The summed E-state index contributed by atoms with van der Waals surface area (Å²) in [6.07, 6.45) is 0.858. The zero-order valence-corrected chi connectivity index (χ0v) is 18.4. The minimum atomic E-state index is -0.851. The van der Waals surface area contributed by atoms with E-state index in [9.17, 15) is 25.0 Å². The first-order valence-electron chi connectivity index (χ1n) is 10.6. The molecular weight excluding hydrogens is 440 g/mol. The molecule has 11 nitrogen and oxygen atoms in total. The number of hydrogen-bond acceptors (Lipinski definition) is 8. The van der Waals surface area contributed by atoms with Gasteiger partial charge >= 0.3 is 0 Å². The number of nitrogens with zero attached hydrogens (tertiary/aromatic N) is 5. The van der Waals surface area contributed by atoms with Gasteiger partial charge in [0, 0.05) is 41.5 Å². The number of nitro benzene ring substituents is 2. The molecular formula is C23H20N6O5. The Kier molecular flexibility index (Phi) is 4.78. The van der Waals surface area contributed by atoms with Gasteiger partial charge in [0.05, 0.1) is 15.4 Å². The molecule has 2 aliphatic rings. The molecule has 1 aromatic heterocycles. The van der Waals surface area contributed by atoms with Gasteiger partial charge < -0.3 is 5.32 Å². The van der Waals surface area contributed by atoms with Crippen molar-refractivity contribution in [2.24, 2.45) is 5.41 Å². The van der Waals surface area contributed by atoms with E-state index in [1.165, 1.54) is 28.9 Å². The first kappa shape index (κ1) is 21.4. The maximum atomic E-state index is 13.3. The van der Waals surface area contributed by atoms with E-state index in [4.69, 9.17) is 0 Å². The van der Waals surface area contributed by atoms with E-state index in [1.807, 2.05) is 13.8 Å². The average Bonchev–Trinajstić information content (AvgIpc) is 3.20. The molecule has 0 spiro atoms. The molecule has 1 aliphatic heterocycles. The Morgan fingerprint density at radius 1 is 1.06 bits per heavy atom. The van der Waals surface area contributed by atoms with Gasteiger partial charge in [-0.2, -0.15) is 4.98 Å². The molecule has 34 heavy (non-hydrogen) atoms. The van der Waals surface area contributed by atoms with Crippen LogP contribution in [0.5, 0.6) is 0 Å². The second-order valence-electron chi connectivity index (χ2n) is 9.19. The SMILES string of the molecule is CC1(C)CC(=O)C2=C(C1)Nc1nc(-c3cccc([N+](=O)[O-])c3)nn1C2c1ccccc1[N+](=O)[O-]. The summed E-state index contributed by atoms with van der Waals surface area (Å²) in [6, 6.07) is 11.3. The lowest BCUT2D eigenvalue weighted by Crippen LogP contribution is -2.36. The fourth-order valence-corrected chi connectivity index (χ4v) is 4.66. The number of carbonyl (C=O) groups is 1. The zero-order valence-electron chi connectivity index (χ0n) is 18.4. The molecule has 2 heterocycles. The fourth-order valence-electron chi connectivity index (χ4n) is 4.66. The molecule has 2 aromatic carbocycles. The number of benzene rings is 2. The summed E-state index contributed by atoms with van der Waals surface area (Å²) in [5.74, 6) is 0.412. The third kappa shape index (κ3) is 3.51. The molecule has 0 radical (unpaired) electrons. The number of para-hydroxylation sites is 1. The number of ketones is 1. The van der Waals surface area contributed by atoms with Gasteiger partial charge in [-0.25, -0.2) is 4.68 Å². The lowest BCUT2D eigenvalue weighted by Gasteiger charge is -2.38. The average molecular weight is 460 g/mol. The summed E-state index contributed by atoms with van der Waals surface area (Å²) in [5, 5.41) is 30.8. The van der Waals surface area contributed by atoms with Crippen molar-refractivity contribution in [3.05, 3.63) is 85.6 Å². The van der Waals surface area contributed by atoms with Gasteiger partial charge in [-0.05, 0) is 17.9 Å². The van der Waals surface area contributed by atoms with Crippen molar-refractivity contribution in [1.82, 2.24) is 14.8 Å². The number of fused-ring (bicyclic) bond motifs is 1. The van der Waals surface area contributed by atoms with Crippen molar-refractivity contribution in [3.63, 3.8) is 0 Å². The van der Waals surface area contributed by atoms with Crippen molar-refractivity contribution in [2.45, 2.75) is 32.7 Å². The van der Waals surface area contributed by atoms with Crippen LogP contribution in [0.15, 0.2) is 59.8 Å². The van der Waals surface area contributed by atoms with E-state index in [1.54, 1.807) is 24.3 Å². The van der Waals surface area contributed by atoms with Crippen LogP contribution in [-0.4, -0.2) is 30.4 Å². The molecule has 0 amide bonds. The van der Waals surface area contributed by atoms with E-state index in [-0.39, 0.29) is 28.4 Å². The van der Waals surface area contributed by atoms with E-state index >= 15 is 0 Å². The predicted octanol–water partition coefficient (Wildman–Crippen LogP) is 4.42. The molecule has 0 bridgehead atoms. The highest BCUT2D eigenvalue weighted by Gasteiger charge is 2.43. The monoisotopic (exact) mass is 460 g/mol. The molecule has 1 N–H and O–H groups in total. The number of carbonyl (C=O) groups excluding carboxylic acids is 1. The van der Waals surface area contributed by atoms with Crippen LogP contribution in [0.4, 0.5) is 17.3 Å². The molecule has 1 unspecified atom stereocenters. The molecule has 172 valence electrons. The summed E-state index contributed by atoms with van der Waals surface area (Å²) in [4.78, 5) is 39.9. The van der Waals surface area contributed by atoms with Crippen molar-refractivity contribution >= 4 is 23.1 Å². The van der Waals surface area contributed by atoms with Gasteiger partial charge in [0.15, 0.2) is 11.6 Å². The maximum absolute atomic E-state index is 13.3. The summed E-state index contributed by atoms with van der Waals surface area (Å²) in [7, 11) is 0. The van der Waals surface area contributed by atoms with Gasteiger partial charge in [-0.3, -0.25) is 25.0 Å². The van der Waals surface area contributed by atoms with Gasteiger partial charge in [0.1, 0.15) is 6.04 Å². The molecule has 0 saturated carbocycles. The molecule has 3 aromatic rings. The summed E-state index contributed by atoms with van der Waals surface area (Å²) >= 11 is 0. The number of non-ortho nitro benzene ring substituents is 1. The number of nitro groups is 2. The Labute approximate surface area is 193 Å². The number of rotatable bonds is 4. The Bertz CT molecular complexity index is 1410. The van der Waals surface area contributed by atoms with E-state index in [0.717, 1.165) is 0 Å². The van der Waals surface area contributed by atoms with Crippen LogP contribution in [-0.2, 0) is 4.79 Å². The van der Waals surface area contributed by atoms with Crippen molar-refractivity contribution < 1.29 is 14.6 Å². The second kappa shape index (κ2) is 7.58. The van der Waals surface area contributed by atoms with Crippen molar-refractivity contribution in [3.8, 4) is 11.4 Å². The van der Waals surface area contributed by atoms with Crippen LogP contribution in [0, 0.1) is 25.6 Å². The van der Waals surface area contributed by atoms with Crippen LogP contribution in [0.3, 0.4) is 0 Å². The van der Waals surface area contributed by atoms with Crippen LogP contribution in [0.1, 0.15) is 38.3 Å². The third-order valence-electron chi connectivity index (χ3n) is 6.08. The standard InChI is InChI=1S/C23H20N6O5/c1-23(2)11-16-19(18(30)12-23)20(15-8-3-4-9-17(15)29(33)34)27-22(24-16)25-21(26-27)13-6-5-7-14(10-13)28(31)32/h3-10,20H,11-12H2,1-2H3,(H,24,25,26). The minimum absolute atomic E-state index is 0.108. The second-order valence-corrected chi connectivity index (χ2v) is 9.19. The van der Waals surface area contributed by atoms with Crippen LogP contribution in [0.2, 0.25) is 0 Å². The number of anilines is 1. The number of hydrogen-bond donors (Lipinski definition) is 1. The van der Waals surface area contributed by atoms with Crippen LogP contribution >= 0.6 is 0 Å². The summed E-state index contributed by atoms with van der Waals surface area (Å²) < 4.78 is 1.46. The Morgan fingerprint density at radius 3 is 2.56 bits per heavy atom. The zero-order chi connectivity index (χ0) is 24.2. The lowest BCUT2D eigenvalue weighted by atomic mass is 9.73. The fraction of sp³-hybridized carbons (Fsp3) is 0.261. The van der Waals surface area contributed by atoms with Crippen molar-refractivity contribution in [1.29, 1.82) is 0 Å². The highest BCUT2D eigenvalue weighted by molar-refractivity contribution is 6.00. The molecule has 11 heteroatoms. The lowest BCUT2D eigenvalue weighted by molar-refractivity contribution is -0.385. The summed E-state index contributed by atoms with van der Waals surface area (Å²) in [6.45, 7) is 3.98. The number of nitrogens with one attached hydrogen (secondary N) is 1. The van der Waals surface area contributed by atoms with Crippen LogP contribution in [0.25, 0.3) is 11.4 Å². The normalized spacial score (nSPS) is 18.6. The topological polar surface area (TPSA) is 146 Å². The molecule has 0 fully saturated rings. The van der Waals surface area contributed by atoms with Crippen molar-refractivity contribution in [2.75, 3.05) is 5.32 Å². The van der Waals surface area contributed by atoms with Gasteiger partial charge in [-0.1, -0.05) is 38.1 Å². The third-order valence-corrected chi connectivity index (χ3v) is 6.08. The Hall–Kier alpha value is -4.41. The maximum Gasteiger partial charge on any atom is 0.275 e. The molecule has 1 aliphatic carbocycles. The molecule has 5 rings (SSSR count). The highest BCUT2D eigenvalue weighted by atomic mass is 16.6. The largest absolute Gasteiger partial charge is 0.328 e. The van der Waals surface area contributed by atoms with Gasteiger partial charge in [-0.15, -0.1) is 5.10 Å². The molecule has 1 atom stereocenters. The summed E-state index contributed by atoms with van der Waals surface area (Å²) in [5.41, 5.74) is 1.31. The Morgan fingerprint density at radius 2 is 1.82 bits per heavy atom. The predicted molar refractivity (Wildman–Crippen MR) is 122 cm³/mol. The number of allylic oxidation sites excluding steroid dienone is 2. The Balaban J connectivity index is 1.72. The van der Waals surface area contributed by atoms with Gasteiger partial charge in [0.25, 0.3) is 11.4 Å². The smallest absolute Gasteiger partial charge is 0.275 e. The van der Waals surface area contributed by atoms with E-state index in [2.05, 4.69) is 15.4 Å². The van der Waals surface area contributed by atoms with E-state index in [0.29, 0.717) is 41.2 Å². The number of Topliss-reactive ketones (excluding diaryl/α,β-unsaturated/α-hetero) is 1. The first-order valence-corrected chi connectivity index (χ1v) is 10.6. The molecule has 0 saturated heterocycles. The highest BCUT2D eigenvalue weighted by Crippen LogP contribution is 2.47. The van der Waals surface area contributed by atoms with Crippen LogP contribution < -0.4 is 5.32 Å². The quantitative estimate of drug-likeness (QED) is 0.445. The minimum Gasteiger partial charge on any atom is -0.328 e. The first-order chi connectivity index (χ1) is 16.1.